The van der Waals surface area contributed by atoms with E-state index >= 15 is 0 Å². The van der Waals surface area contributed by atoms with Crippen molar-refractivity contribution in [2.45, 2.75) is 33.1 Å². The highest BCUT2D eigenvalue weighted by Crippen LogP contribution is 2.24. The molecule has 0 saturated heterocycles. The van der Waals surface area contributed by atoms with E-state index in [2.05, 4.69) is 36.5 Å². The van der Waals surface area contributed by atoms with E-state index in [1.54, 1.807) is 24.3 Å². The molecule has 0 aliphatic carbocycles. The van der Waals surface area contributed by atoms with Gasteiger partial charge in [0.2, 0.25) is 5.91 Å². The summed E-state index contributed by atoms with van der Waals surface area (Å²) in [6.45, 7) is 4.45. The van der Waals surface area contributed by atoms with Gasteiger partial charge in [-0.1, -0.05) is 44.2 Å². The summed E-state index contributed by atoms with van der Waals surface area (Å²) in [5.41, 5.74) is 5.08. The molecule has 0 bridgehead atoms. The highest BCUT2D eigenvalue weighted by Gasteiger charge is 2.14. The minimum Gasteiger partial charge on any atom is -0.462 e. The Bertz CT molecular complexity index is 1240. The number of nitrogens with one attached hydrogen (secondary N) is 1. The summed E-state index contributed by atoms with van der Waals surface area (Å²) < 4.78 is 7.13. The molecule has 2 aromatic carbocycles. The lowest BCUT2D eigenvalue weighted by molar-refractivity contribution is -0.115. The van der Waals surface area contributed by atoms with E-state index in [0.717, 1.165) is 34.8 Å². The molecule has 2 heterocycles. The Hall–Kier alpha value is -3.45. The predicted octanol–water partition coefficient (Wildman–Crippen LogP) is 5.37. The van der Waals surface area contributed by atoms with Crippen LogP contribution < -0.4 is 5.32 Å². The van der Waals surface area contributed by atoms with Gasteiger partial charge in [0.15, 0.2) is 4.96 Å². The van der Waals surface area contributed by atoms with Crippen molar-refractivity contribution >= 4 is 33.9 Å². The summed E-state index contributed by atoms with van der Waals surface area (Å²) in [6.07, 6.45) is 3.94. The van der Waals surface area contributed by atoms with Gasteiger partial charge in [-0.05, 0) is 36.6 Å². The van der Waals surface area contributed by atoms with Gasteiger partial charge in [-0.3, -0.25) is 9.20 Å². The van der Waals surface area contributed by atoms with Gasteiger partial charge in [0.1, 0.15) is 0 Å². The first-order chi connectivity index (χ1) is 15.6. The third-order valence-corrected chi connectivity index (χ3v) is 5.99. The second-order valence-corrected chi connectivity index (χ2v) is 8.33. The Morgan fingerprint density at radius 2 is 1.94 bits per heavy atom. The van der Waals surface area contributed by atoms with E-state index in [4.69, 9.17) is 9.72 Å². The number of thiazole rings is 1. The molecule has 2 aromatic heterocycles. The highest BCUT2D eigenvalue weighted by molar-refractivity contribution is 7.15. The number of fused-ring (bicyclic) bond motifs is 1. The van der Waals surface area contributed by atoms with E-state index in [9.17, 15) is 9.59 Å². The zero-order valence-electron chi connectivity index (χ0n) is 18.1. The first-order valence-corrected chi connectivity index (χ1v) is 11.6. The molecule has 0 spiro atoms. The lowest BCUT2D eigenvalue weighted by atomic mass is 10.1. The topological polar surface area (TPSA) is 72.7 Å². The Labute approximate surface area is 190 Å². The molecule has 1 N–H and O–H groups in total. The maximum absolute atomic E-state index is 12.7. The molecule has 4 rings (SSSR count). The molecule has 0 unspecified atom stereocenters. The number of esters is 1. The molecule has 32 heavy (non-hydrogen) atoms. The van der Waals surface area contributed by atoms with Gasteiger partial charge in [-0.2, -0.15) is 0 Å². The average Bonchev–Trinajstić information content (AvgIpc) is 3.39. The van der Waals surface area contributed by atoms with Crippen molar-refractivity contribution < 1.29 is 14.3 Å². The molecule has 6 nitrogen and oxygen atoms in total. The fraction of sp³-hybridized carbons (Fsp3) is 0.240. The highest BCUT2D eigenvalue weighted by atomic mass is 32.1. The monoisotopic (exact) mass is 447 g/mol. The minimum absolute atomic E-state index is 0.161. The van der Waals surface area contributed by atoms with Crippen LogP contribution in [0.25, 0.3) is 16.2 Å². The molecule has 4 aromatic rings. The summed E-state index contributed by atoms with van der Waals surface area (Å²) in [4.78, 5) is 30.3. The Morgan fingerprint density at radius 1 is 1.12 bits per heavy atom. The molecule has 0 fully saturated rings. The fourth-order valence-electron chi connectivity index (χ4n) is 3.38. The Kier molecular flexibility index (Phi) is 6.66. The van der Waals surface area contributed by atoms with Crippen LogP contribution in [0.15, 0.2) is 60.1 Å². The number of carbonyl (C=O) groups is 2. The first kappa shape index (κ1) is 21.8. The van der Waals surface area contributed by atoms with E-state index in [1.807, 2.05) is 22.9 Å². The van der Waals surface area contributed by atoms with Crippen molar-refractivity contribution in [1.29, 1.82) is 0 Å². The van der Waals surface area contributed by atoms with Gasteiger partial charge in [-0.25, -0.2) is 9.78 Å². The average molecular weight is 448 g/mol. The summed E-state index contributed by atoms with van der Waals surface area (Å²) >= 11 is 1.51. The number of hydrogen-bond donors (Lipinski definition) is 1. The van der Waals surface area contributed by atoms with Crippen LogP contribution in [0.3, 0.4) is 0 Å². The van der Waals surface area contributed by atoms with Crippen LogP contribution >= 0.6 is 11.3 Å². The van der Waals surface area contributed by atoms with Gasteiger partial charge >= 0.3 is 5.97 Å². The van der Waals surface area contributed by atoms with Gasteiger partial charge in [0.25, 0.3) is 0 Å². The quantitative estimate of drug-likeness (QED) is 0.369. The third-order valence-electron chi connectivity index (χ3n) is 5.10. The number of imidazole rings is 1. The second-order valence-electron chi connectivity index (χ2n) is 7.50. The zero-order valence-corrected chi connectivity index (χ0v) is 18.9. The number of nitrogens with zero attached hydrogens (tertiary/aromatic N) is 2. The van der Waals surface area contributed by atoms with E-state index in [-0.39, 0.29) is 18.3 Å². The second kappa shape index (κ2) is 9.78. The van der Waals surface area contributed by atoms with Crippen molar-refractivity contribution in [2.24, 2.45) is 0 Å². The number of amides is 1. The Balaban J connectivity index is 1.46. The number of anilines is 1. The maximum atomic E-state index is 12.7. The molecular weight excluding hydrogens is 422 g/mol. The molecule has 164 valence electrons. The number of benzene rings is 2. The summed E-state index contributed by atoms with van der Waals surface area (Å²) in [7, 11) is 0. The normalized spacial score (nSPS) is 10.9. The molecular formula is C25H25N3O3S. The van der Waals surface area contributed by atoms with Gasteiger partial charge in [0, 0.05) is 28.5 Å². The van der Waals surface area contributed by atoms with Crippen molar-refractivity contribution in [3.8, 4) is 11.3 Å². The van der Waals surface area contributed by atoms with Crippen molar-refractivity contribution in [1.82, 2.24) is 9.38 Å². The fourth-order valence-corrected chi connectivity index (χ4v) is 4.25. The van der Waals surface area contributed by atoms with Crippen molar-refractivity contribution in [2.75, 3.05) is 11.9 Å². The predicted molar refractivity (Wildman–Crippen MR) is 127 cm³/mol. The van der Waals surface area contributed by atoms with Crippen LogP contribution in [0, 0.1) is 0 Å². The zero-order chi connectivity index (χ0) is 22.5. The minimum atomic E-state index is -0.389. The molecule has 0 aliphatic heterocycles. The molecule has 7 heteroatoms. The van der Waals surface area contributed by atoms with Gasteiger partial charge in [0.05, 0.1) is 24.3 Å². The first-order valence-electron chi connectivity index (χ1n) is 10.7. The third kappa shape index (κ3) is 4.89. The van der Waals surface area contributed by atoms with Crippen LogP contribution in [0.1, 0.15) is 41.9 Å². The van der Waals surface area contributed by atoms with E-state index in [0.29, 0.717) is 17.9 Å². The lowest BCUT2D eigenvalue weighted by Gasteiger charge is -2.07. The molecule has 0 saturated carbocycles. The van der Waals surface area contributed by atoms with Gasteiger partial charge in [-0.15, -0.1) is 11.3 Å². The van der Waals surface area contributed by atoms with Crippen molar-refractivity contribution in [3.63, 3.8) is 0 Å². The lowest BCUT2D eigenvalue weighted by Crippen LogP contribution is -2.16. The number of aromatic nitrogens is 2. The van der Waals surface area contributed by atoms with E-state index < -0.39 is 0 Å². The molecule has 1 amide bonds. The summed E-state index contributed by atoms with van der Waals surface area (Å²) in [6, 6.07) is 15.2. The Morgan fingerprint density at radius 3 is 2.69 bits per heavy atom. The van der Waals surface area contributed by atoms with Crippen LogP contribution in [0.5, 0.6) is 0 Å². The number of ether oxygens (including phenoxy) is 1. The maximum Gasteiger partial charge on any atom is 0.338 e. The number of carbonyl (C=O) groups excluding carboxylic acids is 2. The smallest absolute Gasteiger partial charge is 0.338 e. The van der Waals surface area contributed by atoms with Gasteiger partial charge < -0.3 is 10.1 Å². The molecule has 0 aliphatic rings. The largest absolute Gasteiger partial charge is 0.462 e. The summed E-state index contributed by atoms with van der Waals surface area (Å²) in [5.74, 6) is -0.549. The van der Waals surface area contributed by atoms with Crippen LogP contribution in [0.4, 0.5) is 5.69 Å². The van der Waals surface area contributed by atoms with Crippen molar-refractivity contribution in [3.05, 3.63) is 76.9 Å². The van der Waals surface area contributed by atoms with Crippen LogP contribution in [0.2, 0.25) is 0 Å². The van der Waals surface area contributed by atoms with Crippen LogP contribution in [-0.2, 0) is 22.4 Å². The number of hydrogen-bond acceptors (Lipinski definition) is 5. The molecule has 0 atom stereocenters. The SMILES string of the molecule is CCCOC(=O)c1cccc(NC(=O)Cc2csc3nc(-c4ccc(CC)cc4)cn23)c1. The number of aryl methyl sites for hydroxylation is 1. The van der Waals surface area contributed by atoms with E-state index in [1.165, 1.54) is 16.9 Å². The summed E-state index contributed by atoms with van der Waals surface area (Å²) in [5, 5.41) is 4.82. The van der Waals surface area contributed by atoms with Crippen LogP contribution in [-0.4, -0.2) is 27.9 Å². The molecule has 0 radical (unpaired) electrons. The number of rotatable bonds is 8. The standard InChI is InChI=1S/C25H25N3O3S/c1-3-12-31-24(30)19-6-5-7-20(13-19)26-23(29)14-21-16-32-25-27-22(15-28(21)25)18-10-8-17(4-2)9-11-18/h5-11,13,15-16H,3-4,12,14H2,1-2H3,(H,26,29).